The zero-order valence-corrected chi connectivity index (χ0v) is 22.0. The van der Waals surface area contributed by atoms with Gasteiger partial charge in [0.2, 0.25) is 5.95 Å². The molecule has 0 spiro atoms. The summed E-state index contributed by atoms with van der Waals surface area (Å²) in [5.41, 5.74) is 3.39. The number of amides is 1. The first kappa shape index (κ1) is 25.3. The zero-order chi connectivity index (χ0) is 25.2. The number of benzene rings is 2. The molecule has 1 unspecified atom stereocenters. The molecule has 36 heavy (non-hydrogen) atoms. The number of aliphatic hydroxyl groups is 1. The molecule has 2 heterocycles. The van der Waals surface area contributed by atoms with Gasteiger partial charge in [0.05, 0.1) is 27.6 Å². The number of anilines is 1. The first-order chi connectivity index (χ1) is 17.4. The van der Waals surface area contributed by atoms with E-state index in [2.05, 4.69) is 20.1 Å². The van der Waals surface area contributed by atoms with Gasteiger partial charge in [0.1, 0.15) is 6.23 Å². The fraction of sp³-hybridized carbons (Fsp3) is 0.481. The van der Waals surface area contributed by atoms with Crippen LogP contribution in [0.15, 0.2) is 36.4 Å². The number of nitrogens with one attached hydrogen (secondary N) is 2. The van der Waals surface area contributed by atoms with Gasteiger partial charge in [-0.2, -0.15) is 0 Å². The van der Waals surface area contributed by atoms with Crippen LogP contribution in [0.2, 0.25) is 10.0 Å². The lowest BCUT2D eigenvalue weighted by molar-refractivity contribution is 0.0512. The number of aliphatic hydroxyl groups excluding tert-OH is 1. The van der Waals surface area contributed by atoms with E-state index in [0.29, 0.717) is 28.2 Å². The van der Waals surface area contributed by atoms with E-state index >= 15 is 0 Å². The van der Waals surface area contributed by atoms with Gasteiger partial charge in [-0.15, -0.1) is 0 Å². The Hall–Kier alpha value is -2.32. The van der Waals surface area contributed by atoms with Gasteiger partial charge in [-0.25, -0.2) is 4.98 Å². The maximum absolute atomic E-state index is 11.9. The molecule has 1 amide bonds. The molecule has 5 rings (SSSR count). The summed E-state index contributed by atoms with van der Waals surface area (Å²) in [6, 6.07) is 11.7. The standard InChI is InChI=1S/C27H33Cl2N5O2/c1-30-25(35)18-8-6-17(7-9-18)16-34-24-15-22(29)21(28)14-23(24)32-27(34)33-12-10-19(11-13-33)26(36)31-20-4-2-3-5-20/h6-9,14-15,19-20,26,31,36H,2-5,10-13,16H2,1H3,(H,30,35). The number of carbonyl (C=O) groups is 1. The molecule has 1 saturated carbocycles. The highest BCUT2D eigenvalue weighted by Gasteiger charge is 2.30. The van der Waals surface area contributed by atoms with Crippen molar-refractivity contribution in [1.29, 1.82) is 0 Å². The number of carbonyl (C=O) groups excluding carboxylic acids is 1. The second-order valence-electron chi connectivity index (χ2n) is 9.95. The van der Waals surface area contributed by atoms with E-state index in [4.69, 9.17) is 28.2 Å². The van der Waals surface area contributed by atoms with E-state index < -0.39 is 6.23 Å². The van der Waals surface area contributed by atoms with Crippen molar-refractivity contribution in [2.24, 2.45) is 5.92 Å². The smallest absolute Gasteiger partial charge is 0.251 e. The second kappa shape index (κ2) is 11.0. The number of hydrogen-bond acceptors (Lipinski definition) is 5. The van der Waals surface area contributed by atoms with Crippen molar-refractivity contribution in [3.8, 4) is 0 Å². The van der Waals surface area contributed by atoms with Gasteiger partial charge in [-0.05, 0) is 55.5 Å². The summed E-state index contributed by atoms with van der Waals surface area (Å²) in [5.74, 6) is 1.00. The minimum atomic E-state index is -0.453. The van der Waals surface area contributed by atoms with Crippen LogP contribution in [0, 0.1) is 5.92 Å². The second-order valence-corrected chi connectivity index (χ2v) is 10.8. The van der Waals surface area contributed by atoms with Crippen molar-refractivity contribution in [3.63, 3.8) is 0 Å². The largest absolute Gasteiger partial charge is 0.378 e. The SMILES string of the molecule is CNC(=O)c1ccc(Cn2c(N3CCC(C(O)NC4CCCC4)CC3)nc3cc(Cl)c(Cl)cc32)cc1. The molecule has 3 aromatic rings. The van der Waals surface area contributed by atoms with Crippen molar-refractivity contribution in [2.45, 2.75) is 57.3 Å². The molecule has 192 valence electrons. The molecule has 0 bridgehead atoms. The average Bonchev–Trinajstić information content (AvgIpc) is 3.52. The third-order valence-corrected chi connectivity index (χ3v) is 8.31. The Bertz CT molecular complexity index is 1220. The number of nitrogens with zero attached hydrogens (tertiary/aromatic N) is 3. The normalized spacial score (nSPS) is 18.2. The summed E-state index contributed by atoms with van der Waals surface area (Å²) in [6.07, 6.45) is 6.16. The average molecular weight is 531 g/mol. The number of fused-ring (bicyclic) bond motifs is 1. The van der Waals surface area contributed by atoms with E-state index in [0.717, 1.165) is 61.3 Å². The number of hydrogen-bond donors (Lipinski definition) is 3. The molecule has 1 aliphatic carbocycles. The Morgan fingerprint density at radius 3 is 2.42 bits per heavy atom. The molecule has 1 atom stereocenters. The van der Waals surface area contributed by atoms with Gasteiger partial charge in [-0.1, -0.05) is 48.2 Å². The number of rotatable bonds is 7. The van der Waals surface area contributed by atoms with Crippen molar-refractivity contribution < 1.29 is 9.90 Å². The van der Waals surface area contributed by atoms with Crippen LogP contribution >= 0.6 is 23.2 Å². The van der Waals surface area contributed by atoms with Gasteiger partial charge in [0.15, 0.2) is 0 Å². The molecule has 1 saturated heterocycles. The molecule has 0 radical (unpaired) electrons. The zero-order valence-electron chi connectivity index (χ0n) is 20.5. The highest BCUT2D eigenvalue weighted by molar-refractivity contribution is 6.42. The number of imidazole rings is 1. The topological polar surface area (TPSA) is 82.4 Å². The van der Waals surface area contributed by atoms with Crippen LogP contribution < -0.4 is 15.5 Å². The van der Waals surface area contributed by atoms with Crippen LogP contribution in [0.1, 0.15) is 54.4 Å². The summed E-state index contributed by atoms with van der Waals surface area (Å²) < 4.78 is 2.17. The molecule has 1 aliphatic heterocycles. The lowest BCUT2D eigenvalue weighted by Gasteiger charge is -2.36. The third kappa shape index (κ3) is 5.35. The van der Waals surface area contributed by atoms with Crippen LogP contribution in [0.25, 0.3) is 11.0 Å². The predicted octanol–water partition coefficient (Wildman–Crippen LogP) is 4.82. The maximum Gasteiger partial charge on any atom is 0.251 e. The Morgan fingerprint density at radius 2 is 1.75 bits per heavy atom. The number of piperidine rings is 1. The lowest BCUT2D eigenvalue weighted by atomic mass is 9.94. The van der Waals surface area contributed by atoms with E-state index in [1.165, 1.54) is 12.8 Å². The summed E-state index contributed by atoms with van der Waals surface area (Å²) in [7, 11) is 1.63. The van der Waals surface area contributed by atoms with Crippen LogP contribution in [-0.4, -0.2) is 53.0 Å². The maximum atomic E-state index is 11.9. The van der Waals surface area contributed by atoms with Gasteiger partial charge in [-0.3, -0.25) is 10.1 Å². The molecule has 2 aliphatic rings. The Balaban J connectivity index is 1.37. The van der Waals surface area contributed by atoms with Gasteiger partial charge in [0.25, 0.3) is 5.91 Å². The number of halogens is 2. The molecule has 3 N–H and O–H groups in total. The monoisotopic (exact) mass is 529 g/mol. The highest BCUT2D eigenvalue weighted by Crippen LogP contribution is 2.33. The van der Waals surface area contributed by atoms with E-state index in [9.17, 15) is 9.90 Å². The molecule has 9 heteroatoms. The van der Waals surface area contributed by atoms with Crippen molar-refractivity contribution in [1.82, 2.24) is 20.2 Å². The van der Waals surface area contributed by atoms with Gasteiger partial charge >= 0.3 is 0 Å². The Morgan fingerprint density at radius 1 is 1.08 bits per heavy atom. The van der Waals surface area contributed by atoms with Crippen LogP contribution in [-0.2, 0) is 6.54 Å². The van der Waals surface area contributed by atoms with Crippen LogP contribution in [0.4, 0.5) is 5.95 Å². The molecule has 2 aromatic carbocycles. The quantitative estimate of drug-likeness (QED) is 0.382. The van der Waals surface area contributed by atoms with Crippen LogP contribution in [0.3, 0.4) is 0 Å². The molecular weight excluding hydrogens is 497 g/mol. The Kier molecular flexibility index (Phi) is 7.72. The van der Waals surface area contributed by atoms with Crippen molar-refractivity contribution in [2.75, 3.05) is 25.0 Å². The first-order valence-corrected chi connectivity index (χ1v) is 13.5. The summed E-state index contributed by atoms with van der Waals surface area (Å²) in [6.45, 7) is 2.21. The fourth-order valence-electron chi connectivity index (χ4n) is 5.48. The van der Waals surface area contributed by atoms with E-state index in [1.807, 2.05) is 36.4 Å². The fourth-order valence-corrected chi connectivity index (χ4v) is 5.79. The highest BCUT2D eigenvalue weighted by atomic mass is 35.5. The Labute approximate surface area is 221 Å². The summed E-state index contributed by atoms with van der Waals surface area (Å²) in [4.78, 5) is 19.2. The van der Waals surface area contributed by atoms with Crippen molar-refractivity contribution in [3.05, 3.63) is 57.6 Å². The minimum Gasteiger partial charge on any atom is -0.378 e. The van der Waals surface area contributed by atoms with Crippen molar-refractivity contribution >= 4 is 46.1 Å². The lowest BCUT2D eigenvalue weighted by Crippen LogP contribution is -2.46. The summed E-state index contributed by atoms with van der Waals surface area (Å²) in [5, 5.41) is 17.9. The first-order valence-electron chi connectivity index (χ1n) is 12.8. The predicted molar refractivity (Wildman–Crippen MR) is 145 cm³/mol. The number of aromatic nitrogens is 2. The van der Waals surface area contributed by atoms with Gasteiger partial charge < -0.3 is 19.9 Å². The molecule has 2 fully saturated rings. The molecule has 7 nitrogen and oxygen atoms in total. The van der Waals surface area contributed by atoms with Crippen LogP contribution in [0.5, 0.6) is 0 Å². The van der Waals surface area contributed by atoms with Gasteiger partial charge in [0, 0.05) is 37.7 Å². The summed E-state index contributed by atoms with van der Waals surface area (Å²) >= 11 is 12.7. The third-order valence-electron chi connectivity index (χ3n) is 7.58. The minimum absolute atomic E-state index is 0.107. The molecular formula is C27H33Cl2N5O2. The molecule has 1 aromatic heterocycles. The van der Waals surface area contributed by atoms with E-state index in [1.54, 1.807) is 7.05 Å². The van der Waals surface area contributed by atoms with E-state index in [-0.39, 0.29) is 11.8 Å².